The van der Waals surface area contributed by atoms with E-state index in [1.165, 1.54) is 0 Å². The van der Waals surface area contributed by atoms with Gasteiger partial charge in [-0.15, -0.1) is 0 Å². The molecule has 0 heterocycles. The second-order valence-electron chi connectivity index (χ2n) is 4.57. The smallest absolute Gasteiger partial charge is 0.240 e. The van der Waals surface area contributed by atoms with Crippen LogP contribution in [0.5, 0.6) is 0 Å². The Balaban J connectivity index is 3.87. The molecule has 0 fully saturated rings. The maximum Gasteiger partial charge on any atom is 0.240 e. The Bertz CT molecular complexity index is 280. The van der Waals surface area contributed by atoms with Gasteiger partial charge in [-0.2, -0.15) is 5.26 Å². The summed E-state index contributed by atoms with van der Waals surface area (Å²) in [6.07, 6.45) is 1.07. The molecular formula is C13H25N3O2. The van der Waals surface area contributed by atoms with Crippen molar-refractivity contribution in [2.75, 3.05) is 40.4 Å². The quantitative estimate of drug-likeness (QED) is 0.624. The molecular weight excluding hydrogens is 230 g/mol. The highest BCUT2D eigenvalue weighted by Crippen LogP contribution is 2.25. The van der Waals surface area contributed by atoms with Crippen molar-refractivity contribution in [2.24, 2.45) is 5.41 Å². The fraction of sp³-hybridized carbons (Fsp3) is 0.846. The number of nitrogens with one attached hydrogen (secondary N) is 1. The molecule has 1 N–H and O–H groups in total. The summed E-state index contributed by atoms with van der Waals surface area (Å²) in [4.78, 5) is 13.9. The molecule has 18 heavy (non-hydrogen) atoms. The lowest BCUT2D eigenvalue weighted by atomic mass is 9.83. The largest absolute Gasteiger partial charge is 0.378 e. The van der Waals surface area contributed by atoms with E-state index in [0.29, 0.717) is 32.6 Å². The Morgan fingerprint density at radius 2 is 1.94 bits per heavy atom. The number of hydrogen-bond donors (Lipinski definition) is 1. The SMILES string of the molecule is CCC(C#N)(CC)C(=O)NCCOCCN(C)C. The third-order valence-electron chi connectivity index (χ3n) is 3.07. The molecule has 0 aromatic rings. The second-order valence-corrected chi connectivity index (χ2v) is 4.57. The molecule has 0 aliphatic carbocycles. The summed E-state index contributed by atoms with van der Waals surface area (Å²) < 4.78 is 5.37. The van der Waals surface area contributed by atoms with Crippen LogP contribution in [0.15, 0.2) is 0 Å². The fourth-order valence-electron chi connectivity index (χ4n) is 1.54. The lowest BCUT2D eigenvalue weighted by molar-refractivity contribution is -0.128. The van der Waals surface area contributed by atoms with E-state index in [9.17, 15) is 4.79 Å². The Labute approximate surface area is 110 Å². The van der Waals surface area contributed by atoms with Crippen LogP contribution in [0.2, 0.25) is 0 Å². The van der Waals surface area contributed by atoms with Crippen LogP contribution in [-0.2, 0) is 9.53 Å². The summed E-state index contributed by atoms with van der Waals surface area (Å²) in [7, 11) is 3.96. The predicted octanol–water partition coefficient (Wildman–Crippen LogP) is 1.01. The van der Waals surface area contributed by atoms with E-state index in [-0.39, 0.29) is 5.91 Å². The number of nitrogens with zero attached hydrogens (tertiary/aromatic N) is 2. The Hall–Kier alpha value is -1.12. The van der Waals surface area contributed by atoms with E-state index in [4.69, 9.17) is 10.00 Å². The van der Waals surface area contributed by atoms with Crippen molar-refractivity contribution in [3.05, 3.63) is 0 Å². The second kappa shape index (κ2) is 8.90. The molecule has 1 amide bonds. The fourth-order valence-corrected chi connectivity index (χ4v) is 1.54. The van der Waals surface area contributed by atoms with Gasteiger partial charge in [0.15, 0.2) is 0 Å². The lowest BCUT2D eigenvalue weighted by Crippen LogP contribution is -2.40. The number of likely N-dealkylation sites (N-methyl/N-ethyl adjacent to an activating group) is 1. The van der Waals surface area contributed by atoms with Crippen LogP contribution in [0.1, 0.15) is 26.7 Å². The van der Waals surface area contributed by atoms with Gasteiger partial charge in [-0.3, -0.25) is 4.79 Å². The minimum Gasteiger partial charge on any atom is -0.378 e. The Morgan fingerprint density at radius 3 is 2.39 bits per heavy atom. The molecule has 0 saturated heterocycles. The standard InChI is InChI=1S/C13H25N3O2/c1-5-13(6-2,11-14)12(17)15-7-9-18-10-8-16(3)4/h5-10H2,1-4H3,(H,15,17). The van der Waals surface area contributed by atoms with Gasteiger partial charge in [0.05, 0.1) is 19.3 Å². The van der Waals surface area contributed by atoms with Crippen molar-refractivity contribution in [1.82, 2.24) is 10.2 Å². The monoisotopic (exact) mass is 255 g/mol. The summed E-state index contributed by atoms with van der Waals surface area (Å²) >= 11 is 0. The summed E-state index contributed by atoms with van der Waals surface area (Å²) in [5.41, 5.74) is -0.885. The number of amides is 1. The summed E-state index contributed by atoms with van der Waals surface area (Å²) in [5, 5.41) is 11.9. The Morgan fingerprint density at radius 1 is 1.33 bits per heavy atom. The maximum absolute atomic E-state index is 11.9. The van der Waals surface area contributed by atoms with Gasteiger partial charge in [-0.1, -0.05) is 13.8 Å². The molecule has 104 valence electrons. The predicted molar refractivity (Wildman–Crippen MR) is 71.0 cm³/mol. The molecule has 0 unspecified atom stereocenters. The van der Waals surface area contributed by atoms with Gasteiger partial charge in [-0.25, -0.2) is 0 Å². The molecule has 0 aromatic heterocycles. The van der Waals surface area contributed by atoms with Gasteiger partial charge in [0.2, 0.25) is 5.91 Å². The van der Waals surface area contributed by atoms with Gasteiger partial charge < -0.3 is 15.0 Å². The van der Waals surface area contributed by atoms with E-state index in [0.717, 1.165) is 6.54 Å². The molecule has 0 aromatic carbocycles. The zero-order chi connectivity index (χ0) is 14.0. The molecule has 0 aliphatic heterocycles. The van der Waals surface area contributed by atoms with Crippen LogP contribution in [0.25, 0.3) is 0 Å². The van der Waals surface area contributed by atoms with Crippen molar-refractivity contribution in [1.29, 1.82) is 5.26 Å². The van der Waals surface area contributed by atoms with Crippen molar-refractivity contribution in [3.63, 3.8) is 0 Å². The molecule has 0 radical (unpaired) electrons. The highest BCUT2D eigenvalue weighted by Gasteiger charge is 2.34. The van der Waals surface area contributed by atoms with Crippen LogP contribution >= 0.6 is 0 Å². The number of rotatable bonds is 9. The van der Waals surface area contributed by atoms with E-state index in [1.54, 1.807) is 0 Å². The van der Waals surface area contributed by atoms with Gasteiger partial charge >= 0.3 is 0 Å². The number of carbonyl (C=O) groups excluding carboxylic acids is 1. The van der Waals surface area contributed by atoms with E-state index in [1.807, 2.05) is 32.8 Å². The highest BCUT2D eigenvalue weighted by atomic mass is 16.5. The number of nitriles is 1. The van der Waals surface area contributed by atoms with Gasteiger partial charge in [0, 0.05) is 13.1 Å². The van der Waals surface area contributed by atoms with Gasteiger partial charge in [-0.05, 0) is 26.9 Å². The molecule has 0 bridgehead atoms. The third-order valence-corrected chi connectivity index (χ3v) is 3.07. The first kappa shape index (κ1) is 16.9. The highest BCUT2D eigenvalue weighted by molar-refractivity contribution is 5.85. The van der Waals surface area contributed by atoms with Crippen LogP contribution in [0.4, 0.5) is 0 Å². The average Bonchev–Trinajstić information content (AvgIpc) is 2.36. The van der Waals surface area contributed by atoms with E-state index >= 15 is 0 Å². The van der Waals surface area contributed by atoms with E-state index < -0.39 is 5.41 Å². The number of hydrogen-bond acceptors (Lipinski definition) is 4. The van der Waals surface area contributed by atoms with Crippen LogP contribution in [0.3, 0.4) is 0 Å². The normalized spacial score (nSPS) is 11.3. The van der Waals surface area contributed by atoms with Crippen molar-refractivity contribution in [2.45, 2.75) is 26.7 Å². The molecule has 0 aliphatic rings. The number of ether oxygens (including phenoxy) is 1. The first-order chi connectivity index (χ1) is 8.52. The van der Waals surface area contributed by atoms with Gasteiger partial charge in [0.1, 0.15) is 5.41 Å². The van der Waals surface area contributed by atoms with E-state index in [2.05, 4.69) is 11.4 Å². The van der Waals surface area contributed by atoms with Crippen LogP contribution in [0, 0.1) is 16.7 Å². The van der Waals surface area contributed by atoms with Crippen LogP contribution < -0.4 is 5.32 Å². The first-order valence-corrected chi connectivity index (χ1v) is 6.44. The van der Waals surface area contributed by atoms with Crippen molar-refractivity contribution < 1.29 is 9.53 Å². The average molecular weight is 255 g/mol. The molecule has 0 rings (SSSR count). The van der Waals surface area contributed by atoms with Gasteiger partial charge in [0.25, 0.3) is 0 Å². The molecule has 0 atom stereocenters. The molecule has 5 nitrogen and oxygen atoms in total. The minimum atomic E-state index is -0.885. The Kier molecular flexibility index (Phi) is 8.34. The maximum atomic E-state index is 11.9. The zero-order valence-electron chi connectivity index (χ0n) is 12.0. The number of carbonyl (C=O) groups is 1. The molecule has 5 heteroatoms. The van der Waals surface area contributed by atoms with Crippen molar-refractivity contribution >= 4 is 5.91 Å². The minimum absolute atomic E-state index is 0.189. The first-order valence-electron chi connectivity index (χ1n) is 6.44. The molecule has 0 spiro atoms. The topological polar surface area (TPSA) is 65.4 Å². The molecule has 0 saturated carbocycles. The summed E-state index contributed by atoms with van der Waals surface area (Å²) in [6.45, 7) is 6.16. The summed E-state index contributed by atoms with van der Waals surface area (Å²) in [6, 6.07) is 2.12. The van der Waals surface area contributed by atoms with Crippen LogP contribution in [-0.4, -0.2) is 51.2 Å². The third kappa shape index (κ3) is 5.48. The lowest BCUT2D eigenvalue weighted by Gasteiger charge is -2.22. The summed E-state index contributed by atoms with van der Waals surface area (Å²) in [5.74, 6) is -0.189. The van der Waals surface area contributed by atoms with Crippen molar-refractivity contribution in [3.8, 4) is 6.07 Å². The zero-order valence-corrected chi connectivity index (χ0v) is 12.0.